The number of rotatable bonds is 3. The van der Waals surface area contributed by atoms with Crippen molar-refractivity contribution in [2.45, 2.75) is 11.1 Å². The maximum Gasteiger partial charge on any atom is 0.435 e. The van der Waals surface area contributed by atoms with Crippen LogP contribution in [0.1, 0.15) is 5.69 Å². The fourth-order valence-electron chi connectivity index (χ4n) is 2.25. The average molecular weight is 351 g/mol. The molecule has 2 aromatic carbocycles. The van der Waals surface area contributed by atoms with Gasteiger partial charge in [-0.3, -0.25) is 0 Å². The van der Waals surface area contributed by atoms with Crippen LogP contribution in [0.15, 0.2) is 65.6 Å². The van der Waals surface area contributed by atoms with Crippen molar-refractivity contribution in [2.24, 2.45) is 5.14 Å². The monoisotopic (exact) mass is 351 g/mol. The molecule has 8 heteroatoms. The van der Waals surface area contributed by atoms with E-state index in [1.54, 1.807) is 42.5 Å². The van der Waals surface area contributed by atoms with E-state index >= 15 is 0 Å². The van der Waals surface area contributed by atoms with Crippen molar-refractivity contribution in [3.05, 3.63) is 66.4 Å². The minimum absolute atomic E-state index is 0.280. The first-order chi connectivity index (χ1) is 11.4. The normalized spacial score (nSPS) is 13.0. The van der Waals surface area contributed by atoms with E-state index in [1.165, 1.54) is 16.8 Å². The van der Waals surface area contributed by atoms with E-state index in [9.17, 15) is 17.7 Å². The van der Waals surface area contributed by atoms with Crippen molar-refractivity contribution in [3.8, 4) is 16.9 Å². The zero-order chi connectivity index (χ0) is 17.3. The minimum Gasteiger partial charge on any atom is -0.593 e. The number of hydrogen-bond donors (Lipinski definition) is 1. The van der Waals surface area contributed by atoms with Crippen LogP contribution >= 0.6 is 0 Å². The molecule has 0 aliphatic carbocycles. The summed E-state index contributed by atoms with van der Waals surface area (Å²) in [5, 5.41) is 8.98. The molecule has 0 radical (unpaired) electrons. The molecular formula is C16H12F3N3OS. The minimum atomic E-state index is -4.55. The number of para-hydroxylation sites is 1. The van der Waals surface area contributed by atoms with Gasteiger partial charge in [0.1, 0.15) is 0 Å². The van der Waals surface area contributed by atoms with Crippen molar-refractivity contribution in [3.63, 3.8) is 0 Å². The molecule has 0 bridgehead atoms. The maximum atomic E-state index is 13.1. The van der Waals surface area contributed by atoms with Gasteiger partial charge in [-0.25, -0.2) is 4.68 Å². The molecule has 1 unspecified atom stereocenters. The number of nitrogens with zero attached hydrogens (tertiary/aromatic N) is 2. The van der Waals surface area contributed by atoms with Gasteiger partial charge < -0.3 is 4.55 Å². The summed E-state index contributed by atoms with van der Waals surface area (Å²) < 4.78 is 51.6. The van der Waals surface area contributed by atoms with Crippen LogP contribution < -0.4 is 5.14 Å². The Balaban J connectivity index is 2.13. The SMILES string of the molecule is N[S+]([O-])c1ccc(-c2cc(C(F)(F)F)nn2-c2ccccc2)cc1. The highest BCUT2D eigenvalue weighted by atomic mass is 32.2. The predicted molar refractivity (Wildman–Crippen MR) is 84.6 cm³/mol. The van der Waals surface area contributed by atoms with Crippen molar-refractivity contribution >= 4 is 11.4 Å². The van der Waals surface area contributed by atoms with E-state index in [1.807, 2.05) is 0 Å². The van der Waals surface area contributed by atoms with Crippen LogP contribution in [0.5, 0.6) is 0 Å². The molecule has 0 fully saturated rings. The molecule has 1 heterocycles. The second-order valence-electron chi connectivity index (χ2n) is 4.98. The number of aromatic nitrogens is 2. The molecule has 2 N–H and O–H groups in total. The second kappa shape index (κ2) is 6.31. The fraction of sp³-hybridized carbons (Fsp3) is 0.0625. The summed E-state index contributed by atoms with van der Waals surface area (Å²) in [6, 6.07) is 15.7. The first-order valence-electron chi connectivity index (χ1n) is 6.85. The lowest BCUT2D eigenvalue weighted by Crippen LogP contribution is -2.11. The first-order valence-corrected chi connectivity index (χ1v) is 8.07. The first kappa shape index (κ1) is 16.6. The zero-order valence-electron chi connectivity index (χ0n) is 12.2. The molecular weight excluding hydrogens is 339 g/mol. The van der Waals surface area contributed by atoms with Crippen LogP contribution in [-0.2, 0) is 17.5 Å². The Morgan fingerprint density at radius 2 is 1.62 bits per heavy atom. The largest absolute Gasteiger partial charge is 0.593 e. The molecule has 4 nitrogen and oxygen atoms in total. The molecule has 1 atom stereocenters. The zero-order valence-corrected chi connectivity index (χ0v) is 13.0. The molecule has 0 saturated carbocycles. The van der Waals surface area contributed by atoms with Gasteiger partial charge in [0.25, 0.3) is 0 Å². The quantitative estimate of drug-likeness (QED) is 0.734. The van der Waals surface area contributed by atoms with Crippen molar-refractivity contribution in [1.29, 1.82) is 0 Å². The van der Waals surface area contributed by atoms with Gasteiger partial charge >= 0.3 is 6.18 Å². The Bertz CT molecular complexity index is 830. The summed E-state index contributed by atoms with van der Waals surface area (Å²) in [6.45, 7) is 0. The van der Waals surface area contributed by atoms with Crippen molar-refractivity contribution in [1.82, 2.24) is 9.78 Å². The molecule has 3 rings (SSSR count). The number of halogens is 3. The highest BCUT2D eigenvalue weighted by Gasteiger charge is 2.35. The van der Waals surface area contributed by atoms with Crippen LogP contribution in [0.4, 0.5) is 13.2 Å². The Morgan fingerprint density at radius 1 is 1.00 bits per heavy atom. The predicted octanol–water partition coefficient (Wildman–Crippen LogP) is 3.54. The summed E-state index contributed by atoms with van der Waals surface area (Å²) in [7, 11) is 0. The van der Waals surface area contributed by atoms with Gasteiger partial charge in [0.2, 0.25) is 0 Å². The van der Waals surface area contributed by atoms with E-state index in [-0.39, 0.29) is 5.69 Å². The second-order valence-corrected chi connectivity index (χ2v) is 6.05. The molecule has 0 aliphatic heterocycles. The van der Waals surface area contributed by atoms with E-state index in [4.69, 9.17) is 5.14 Å². The van der Waals surface area contributed by atoms with Crippen molar-refractivity contribution in [2.75, 3.05) is 0 Å². The van der Waals surface area contributed by atoms with Crippen molar-refractivity contribution < 1.29 is 17.7 Å². The topological polar surface area (TPSA) is 66.9 Å². The fourth-order valence-corrected chi connectivity index (χ4v) is 2.66. The molecule has 1 aromatic heterocycles. The number of nitrogens with two attached hydrogens (primary N) is 1. The standard InChI is InChI=1S/C16H12F3N3OS/c17-16(18,19)15-10-14(11-6-8-13(9-7-11)24(20)23)22(21-15)12-4-2-1-3-5-12/h1-10H,20H2. The van der Waals surface area contributed by atoms with Crippen LogP contribution in [0.2, 0.25) is 0 Å². The molecule has 0 aliphatic rings. The molecule has 0 spiro atoms. The highest BCUT2D eigenvalue weighted by molar-refractivity contribution is 7.89. The third kappa shape index (κ3) is 3.30. The van der Waals surface area contributed by atoms with Gasteiger partial charge in [-0.15, -0.1) is 5.14 Å². The molecule has 0 amide bonds. The molecule has 3 aromatic rings. The Labute approximate surface area is 139 Å². The Kier molecular flexibility index (Phi) is 4.35. The van der Waals surface area contributed by atoms with Gasteiger partial charge in [0, 0.05) is 5.56 Å². The van der Waals surface area contributed by atoms with E-state index in [0.29, 0.717) is 16.1 Å². The van der Waals surface area contributed by atoms with Gasteiger partial charge in [-0.05, 0) is 42.5 Å². The Morgan fingerprint density at radius 3 is 2.17 bits per heavy atom. The lowest BCUT2D eigenvalue weighted by Gasteiger charge is -2.08. The highest BCUT2D eigenvalue weighted by Crippen LogP contribution is 2.33. The molecule has 0 saturated heterocycles. The number of benzene rings is 2. The van der Waals surface area contributed by atoms with E-state index in [0.717, 1.165) is 6.07 Å². The van der Waals surface area contributed by atoms with Gasteiger partial charge in [0.15, 0.2) is 10.6 Å². The van der Waals surface area contributed by atoms with Gasteiger partial charge in [-0.1, -0.05) is 18.2 Å². The van der Waals surface area contributed by atoms with E-state index < -0.39 is 23.2 Å². The summed E-state index contributed by atoms with van der Waals surface area (Å²) in [4.78, 5) is 0.389. The van der Waals surface area contributed by atoms with Gasteiger partial charge in [0.05, 0.1) is 22.7 Å². The average Bonchev–Trinajstić information content (AvgIpc) is 3.01. The van der Waals surface area contributed by atoms with Crippen LogP contribution in [0.3, 0.4) is 0 Å². The summed E-state index contributed by atoms with van der Waals surface area (Å²) in [5.74, 6) is 0. The third-order valence-corrected chi connectivity index (χ3v) is 4.12. The third-order valence-electron chi connectivity index (χ3n) is 3.38. The van der Waals surface area contributed by atoms with Crippen LogP contribution in [0.25, 0.3) is 16.9 Å². The van der Waals surface area contributed by atoms with E-state index in [2.05, 4.69) is 5.10 Å². The van der Waals surface area contributed by atoms with Crippen LogP contribution in [0, 0.1) is 0 Å². The number of hydrogen-bond acceptors (Lipinski definition) is 3. The summed E-state index contributed by atoms with van der Waals surface area (Å²) in [6.07, 6.45) is -4.55. The smallest absolute Gasteiger partial charge is 0.435 e. The Hall–Kier alpha value is -2.29. The summed E-state index contributed by atoms with van der Waals surface area (Å²) >= 11 is -1.65. The molecule has 24 heavy (non-hydrogen) atoms. The summed E-state index contributed by atoms with van der Waals surface area (Å²) in [5.41, 5.74) is 0.321. The lowest BCUT2D eigenvalue weighted by atomic mass is 10.1. The maximum absolute atomic E-state index is 13.1. The van der Waals surface area contributed by atoms with Crippen LogP contribution in [-0.4, -0.2) is 14.3 Å². The molecule has 124 valence electrons. The van der Waals surface area contributed by atoms with Gasteiger partial charge in [-0.2, -0.15) is 18.3 Å². The number of alkyl halides is 3. The lowest BCUT2D eigenvalue weighted by molar-refractivity contribution is -0.141.